The molecule has 1 aliphatic heterocycles. The molecule has 2 N–H and O–H groups in total. The van der Waals surface area contributed by atoms with Crippen LogP contribution in [0.4, 0.5) is 0 Å². The number of benzene rings is 1. The van der Waals surface area contributed by atoms with Crippen molar-refractivity contribution in [2.45, 2.75) is 32.1 Å². The van der Waals surface area contributed by atoms with Crippen molar-refractivity contribution in [2.75, 3.05) is 19.8 Å². The molecule has 6 nitrogen and oxygen atoms in total. The second-order valence-corrected chi connectivity index (χ2v) is 7.39. The monoisotopic (exact) mass is 368 g/mol. The van der Waals surface area contributed by atoms with Crippen molar-refractivity contribution in [3.8, 4) is 0 Å². The number of para-hydroxylation sites is 1. The summed E-state index contributed by atoms with van der Waals surface area (Å²) in [5.41, 5.74) is 3.51. The number of aliphatic carboxylic acids is 1. The van der Waals surface area contributed by atoms with Crippen LogP contribution in [0.2, 0.25) is 0 Å². The molecular weight excluding hydrogens is 344 g/mol. The molecule has 0 saturated carbocycles. The smallest absolute Gasteiger partial charge is 0.308 e. The third-order valence-corrected chi connectivity index (χ3v) is 5.78. The fraction of sp³-hybridized carbons (Fsp3) is 0.476. The molecule has 142 valence electrons. The number of aromatic nitrogens is 1. The van der Waals surface area contributed by atoms with Crippen LogP contribution in [0, 0.1) is 11.8 Å². The van der Waals surface area contributed by atoms with Gasteiger partial charge in [-0.3, -0.25) is 14.6 Å². The van der Waals surface area contributed by atoms with Gasteiger partial charge in [-0.2, -0.15) is 0 Å². The van der Waals surface area contributed by atoms with Crippen LogP contribution in [0.25, 0.3) is 10.9 Å². The molecule has 6 heteroatoms. The summed E-state index contributed by atoms with van der Waals surface area (Å²) in [6.07, 6.45) is 4.18. The van der Waals surface area contributed by atoms with Crippen molar-refractivity contribution < 1.29 is 19.4 Å². The number of carbonyl (C=O) groups excluding carboxylic acids is 1. The topological polar surface area (TPSA) is 88.5 Å². The van der Waals surface area contributed by atoms with E-state index in [4.69, 9.17) is 9.72 Å². The molecule has 0 radical (unpaired) electrons. The maximum Gasteiger partial charge on any atom is 0.308 e. The molecule has 1 aromatic heterocycles. The van der Waals surface area contributed by atoms with E-state index in [-0.39, 0.29) is 18.4 Å². The fourth-order valence-electron chi connectivity index (χ4n) is 4.34. The number of aryl methyl sites for hydroxylation is 1. The molecule has 1 aliphatic carbocycles. The van der Waals surface area contributed by atoms with Gasteiger partial charge in [0.2, 0.25) is 0 Å². The van der Waals surface area contributed by atoms with E-state index in [1.807, 2.05) is 24.3 Å². The standard InChI is InChI=1S/C21H24N2O4/c24-20(22-12-16(21(25)26)13-8-10-27-11-9-13)19-14-4-1-2-6-17(14)23-18-7-3-5-15(18)19/h1-2,4,6,13,16H,3,5,7-12H2,(H,22,24)(H,25,26). The van der Waals surface area contributed by atoms with Crippen LogP contribution in [0.1, 0.15) is 40.9 Å². The molecule has 1 atom stereocenters. The minimum Gasteiger partial charge on any atom is -0.481 e. The lowest BCUT2D eigenvalue weighted by atomic mass is 9.86. The van der Waals surface area contributed by atoms with E-state index in [0.717, 1.165) is 54.3 Å². The number of carboxylic acid groups (broad SMARTS) is 1. The highest BCUT2D eigenvalue weighted by molar-refractivity contribution is 6.07. The molecule has 2 aromatic rings. The summed E-state index contributed by atoms with van der Waals surface area (Å²) in [5, 5.41) is 13.4. The van der Waals surface area contributed by atoms with Gasteiger partial charge in [0, 0.05) is 30.8 Å². The van der Waals surface area contributed by atoms with E-state index < -0.39 is 11.9 Å². The maximum atomic E-state index is 13.1. The lowest BCUT2D eigenvalue weighted by molar-refractivity contribution is -0.144. The van der Waals surface area contributed by atoms with Gasteiger partial charge in [-0.1, -0.05) is 18.2 Å². The number of fused-ring (bicyclic) bond motifs is 2. The lowest BCUT2D eigenvalue weighted by Crippen LogP contribution is -2.39. The Morgan fingerprint density at radius 2 is 2.00 bits per heavy atom. The predicted octanol–water partition coefficient (Wildman–Crippen LogP) is 2.58. The van der Waals surface area contributed by atoms with E-state index in [2.05, 4.69) is 5.32 Å². The van der Waals surface area contributed by atoms with Crippen LogP contribution in [0.3, 0.4) is 0 Å². The Morgan fingerprint density at radius 3 is 2.78 bits per heavy atom. The molecule has 0 spiro atoms. The van der Waals surface area contributed by atoms with Crippen LogP contribution >= 0.6 is 0 Å². The van der Waals surface area contributed by atoms with Gasteiger partial charge < -0.3 is 15.2 Å². The number of pyridine rings is 1. The van der Waals surface area contributed by atoms with E-state index >= 15 is 0 Å². The molecule has 2 aliphatic rings. The Balaban J connectivity index is 1.59. The predicted molar refractivity (Wildman–Crippen MR) is 101 cm³/mol. The minimum absolute atomic E-state index is 0.0384. The molecule has 1 unspecified atom stereocenters. The highest BCUT2D eigenvalue weighted by atomic mass is 16.5. The Morgan fingerprint density at radius 1 is 1.22 bits per heavy atom. The van der Waals surface area contributed by atoms with E-state index in [9.17, 15) is 14.7 Å². The second kappa shape index (κ2) is 7.64. The molecular formula is C21H24N2O4. The average Bonchev–Trinajstić information content (AvgIpc) is 3.14. The van der Waals surface area contributed by atoms with E-state index in [1.165, 1.54) is 0 Å². The van der Waals surface area contributed by atoms with Crippen LogP contribution < -0.4 is 5.32 Å². The number of hydrogen-bond donors (Lipinski definition) is 2. The molecule has 4 rings (SSSR count). The van der Waals surface area contributed by atoms with Crippen LogP contribution in [-0.2, 0) is 22.4 Å². The Labute approximate surface area is 157 Å². The zero-order valence-electron chi connectivity index (χ0n) is 15.2. The molecule has 1 fully saturated rings. The Bertz CT molecular complexity index is 874. The van der Waals surface area contributed by atoms with Gasteiger partial charge in [0.25, 0.3) is 5.91 Å². The van der Waals surface area contributed by atoms with Gasteiger partial charge in [0.05, 0.1) is 17.0 Å². The molecule has 27 heavy (non-hydrogen) atoms. The first-order valence-corrected chi connectivity index (χ1v) is 9.64. The van der Waals surface area contributed by atoms with Gasteiger partial charge in [-0.05, 0) is 49.7 Å². The van der Waals surface area contributed by atoms with Gasteiger partial charge >= 0.3 is 5.97 Å². The summed E-state index contributed by atoms with van der Waals surface area (Å²) >= 11 is 0. The van der Waals surface area contributed by atoms with Crippen LogP contribution in [0.5, 0.6) is 0 Å². The minimum atomic E-state index is -0.855. The van der Waals surface area contributed by atoms with Crippen molar-refractivity contribution in [1.82, 2.24) is 10.3 Å². The van der Waals surface area contributed by atoms with Crippen molar-refractivity contribution in [1.29, 1.82) is 0 Å². The normalized spacial score (nSPS) is 18.2. The highest BCUT2D eigenvalue weighted by Crippen LogP contribution is 2.30. The van der Waals surface area contributed by atoms with Crippen molar-refractivity contribution >= 4 is 22.8 Å². The van der Waals surface area contributed by atoms with E-state index in [0.29, 0.717) is 18.8 Å². The van der Waals surface area contributed by atoms with Crippen molar-refractivity contribution in [3.05, 3.63) is 41.1 Å². The van der Waals surface area contributed by atoms with Gasteiger partial charge in [0.15, 0.2) is 0 Å². The van der Waals surface area contributed by atoms with Gasteiger partial charge in [0.1, 0.15) is 0 Å². The molecule has 1 aromatic carbocycles. The number of nitrogens with one attached hydrogen (secondary N) is 1. The van der Waals surface area contributed by atoms with Crippen LogP contribution in [-0.4, -0.2) is 41.7 Å². The first-order valence-electron chi connectivity index (χ1n) is 9.64. The summed E-state index contributed by atoms with van der Waals surface area (Å²) in [5.74, 6) is -1.59. The lowest BCUT2D eigenvalue weighted by Gasteiger charge is -2.27. The number of hydrogen-bond acceptors (Lipinski definition) is 4. The Kier molecular flexibility index (Phi) is 5.07. The first kappa shape index (κ1) is 17.9. The number of nitrogens with zero attached hydrogens (tertiary/aromatic N) is 1. The molecule has 2 heterocycles. The number of amides is 1. The molecule has 0 bridgehead atoms. The summed E-state index contributed by atoms with van der Waals surface area (Å²) in [6.45, 7) is 1.32. The van der Waals surface area contributed by atoms with Gasteiger partial charge in [-0.25, -0.2) is 0 Å². The van der Waals surface area contributed by atoms with Crippen molar-refractivity contribution in [2.24, 2.45) is 11.8 Å². The summed E-state index contributed by atoms with van der Waals surface area (Å²) in [4.78, 5) is 29.5. The zero-order valence-corrected chi connectivity index (χ0v) is 15.2. The SMILES string of the molecule is O=C(NCC(C(=O)O)C1CCOCC1)c1c2c(nc3ccccc13)CCC2. The second-order valence-electron chi connectivity index (χ2n) is 7.39. The van der Waals surface area contributed by atoms with Gasteiger partial charge in [-0.15, -0.1) is 0 Å². The van der Waals surface area contributed by atoms with Crippen LogP contribution in [0.15, 0.2) is 24.3 Å². The maximum absolute atomic E-state index is 13.1. The zero-order chi connectivity index (χ0) is 18.8. The first-order chi connectivity index (χ1) is 13.1. The third-order valence-electron chi connectivity index (χ3n) is 5.78. The number of ether oxygens (including phenoxy) is 1. The summed E-state index contributed by atoms with van der Waals surface area (Å²) < 4.78 is 5.34. The highest BCUT2D eigenvalue weighted by Gasteiger charge is 2.31. The number of carboxylic acids is 1. The number of carbonyl (C=O) groups is 2. The summed E-state index contributed by atoms with van der Waals surface area (Å²) in [7, 11) is 0. The fourth-order valence-corrected chi connectivity index (χ4v) is 4.34. The molecule has 1 amide bonds. The number of rotatable bonds is 5. The molecule has 1 saturated heterocycles. The largest absolute Gasteiger partial charge is 0.481 e. The quantitative estimate of drug-likeness (QED) is 0.847. The average molecular weight is 368 g/mol. The van der Waals surface area contributed by atoms with E-state index in [1.54, 1.807) is 0 Å². The third kappa shape index (κ3) is 3.54. The summed E-state index contributed by atoms with van der Waals surface area (Å²) in [6, 6.07) is 7.67. The Hall–Kier alpha value is -2.47. The van der Waals surface area contributed by atoms with Crippen molar-refractivity contribution in [3.63, 3.8) is 0 Å².